The summed E-state index contributed by atoms with van der Waals surface area (Å²) in [6, 6.07) is 12.9. The van der Waals surface area contributed by atoms with Crippen LogP contribution in [0.2, 0.25) is 0 Å². The second-order valence-electron chi connectivity index (χ2n) is 2.92. The summed E-state index contributed by atoms with van der Waals surface area (Å²) in [5.41, 5.74) is 0.640. The first kappa shape index (κ1) is 18.6. The minimum Gasteiger partial charge on any atom is -0.279 e. The molecule has 1 aromatic heterocycles. The highest BCUT2D eigenvalue weighted by Crippen LogP contribution is 2.06. The molecule has 0 unspecified atom stereocenters. The highest BCUT2D eigenvalue weighted by atomic mass is 128. The molecule has 0 radical (unpaired) electrons. The van der Waals surface area contributed by atoms with Crippen LogP contribution in [0.5, 0.6) is 0 Å². The lowest BCUT2D eigenvalue weighted by molar-refractivity contribution is 0.105. The quantitative estimate of drug-likeness (QED) is 0.278. The van der Waals surface area contributed by atoms with Gasteiger partial charge in [-0.2, -0.15) is 0 Å². The third-order valence-electron chi connectivity index (χ3n) is 1.86. The van der Waals surface area contributed by atoms with Gasteiger partial charge in [-0.3, -0.25) is 4.79 Å². The Morgan fingerprint density at radius 1 is 1.05 bits per heavy atom. The van der Waals surface area contributed by atoms with Gasteiger partial charge in [0.1, 0.15) is 0 Å². The lowest BCUT2D eigenvalue weighted by Crippen LogP contribution is -1.93. The molecular formula is C15H14I2OS. The lowest BCUT2D eigenvalue weighted by atomic mass is 10.1. The monoisotopic (exact) mass is 496 g/mol. The number of halogens is 2. The Bertz CT molecular complexity index is 510. The standard InChI is InChI=1S/C13H8OS.C2H6.I2/c14-13(11-5-2-1-3-6-11)9-8-12-7-4-10-15-12;2*1-2/h1-7,10H;1-2H3;. The van der Waals surface area contributed by atoms with E-state index in [-0.39, 0.29) is 5.78 Å². The Labute approximate surface area is 142 Å². The average molecular weight is 496 g/mol. The molecule has 19 heavy (non-hydrogen) atoms. The predicted molar refractivity (Wildman–Crippen MR) is 101 cm³/mol. The molecule has 1 heterocycles. The molecular weight excluding hydrogens is 482 g/mol. The van der Waals surface area contributed by atoms with Gasteiger partial charge in [-0.25, -0.2) is 0 Å². The maximum atomic E-state index is 11.6. The van der Waals surface area contributed by atoms with Crippen molar-refractivity contribution >= 4 is 54.4 Å². The Hall–Kier alpha value is -0.390. The summed E-state index contributed by atoms with van der Waals surface area (Å²) in [5.74, 6) is 5.33. The van der Waals surface area contributed by atoms with E-state index in [4.69, 9.17) is 0 Å². The number of carbonyl (C=O) groups is 1. The van der Waals surface area contributed by atoms with Gasteiger partial charge in [0.05, 0.1) is 4.88 Å². The molecule has 0 fully saturated rings. The summed E-state index contributed by atoms with van der Waals surface area (Å²) in [5, 5.41) is 1.94. The zero-order chi connectivity index (χ0) is 14.5. The fraction of sp³-hybridized carbons (Fsp3) is 0.133. The van der Waals surface area contributed by atoms with Gasteiger partial charge in [0.25, 0.3) is 0 Å². The molecule has 0 spiro atoms. The number of rotatable bonds is 1. The number of ketones is 1. The second-order valence-corrected chi connectivity index (χ2v) is 3.87. The van der Waals surface area contributed by atoms with Crippen LogP contribution in [0, 0.1) is 11.8 Å². The zero-order valence-electron chi connectivity index (χ0n) is 10.7. The fourth-order valence-electron chi connectivity index (χ4n) is 1.13. The Kier molecular flexibility index (Phi) is 12.4. The van der Waals surface area contributed by atoms with Crippen LogP contribution in [0.25, 0.3) is 0 Å². The molecule has 0 aliphatic carbocycles. The zero-order valence-corrected chi connectivity index (χ0v) is 15.8. The summed E-state index contributed by atoms with van der Waals surface area (Å²) in [4.78, 5) is 12.5. The van der Waals surface area contributed by atoms with Crippen LogP contribution in [-0.2, 0) is 0 Å². The molecule has 0 saturated carbocycles. The fourth-order valence-corrected chi connectivity index (χ4v) is 1.70. The lowest BCUT2D eigenvalue weighted by Gasteiger charge is -1.89. The van der Waals surface area contributed by atoms with E-state index in [1.54, 1.807) is 12.1 Å². The molecule has 0 N–H and O–H groups in total. The number of benzene rings is 1. The van der Waals surface area contributed by atoms with Crippen molar-refractivity contribution in [2.45, 2.75) is 13.8 Å². The van der Waals surface area contributed by atoms with Gasteiger partial charge in [-0.1, -0.05) is 50.2 Å². The van der Waals surface area contributed by atoms with Crippen LogP contribution in [0.1, 0.15) is 29.1 Å². The molecule has 0 bridgehead atoms. The summed E-state index contributed by atoms with van der Waals surface area (Å²) < 4.78 is 0. The molecule has 4 heteroatoms. The van der Waals surface area contributed by atoms with Gasteiger partial charge < -0.3 is 0 Å². The summed E-state index contributed by atoms with van der Waals surface area (Å²) in [6.45, 7) is 4.00. The molecule has 1 aromatic carbocycles. The van der Waals surface area contributed by atoms with Crippen molar-refractivity contribution in [2.75, 3.05) is 0 Å². The molecule has 100 valence electrons. The number of thiophene rings is 1. The van der Waals surface area contributed by atoms with Crippen LogP contribution in [0.15, 0.2) is 47.8 Å². The molecule has 2 aromatic rings. The number of hydrogen-bond acceptors (Lipinski definition) is 2. The minimum atomic E-state index is -0.135. The molecule has 0 saturated heterocycles. The van der Waals surface area contributed by atoms with Gasteiger partial charge >= 0.3 is 0 Å². The SMILES string of the molecule is CC.II.O=C(C#Cc1cccs1)c1ccccc1. The van der Waals surface area contributed by atoms with Crippen LogP contribution >= 0.6 is 48.6 Å². The van der Waals surface area contributed by atoms with Crippen molar-refractivity contribution in [3.63, 3.8) is 0 Å². The van der Waals surface area contributed by atoms with Crippen molar-refractivity contribution in [1.82, 2.24) is 0 Å². The Morgan fingerprint density at radius 3 is 2.21 bits per heavy atom. The van der Waals surface area contributed by atoms with Gasteiger partial charge in [-0.15, -0.1) is 11.3 Å². The molecule has 0 aliphatic rings. The van der Waals surface area contributed by atoms with E-state index in [0.717, 1.165) is 4.88 Å². The maximum Gasteiger partial charge on any atom is 0.236 e. The van der Waals surface area contributed by atoms with E-state index in [1.165, 1.54) is 11.3 Å². The predicted octanol–water partition coefficient (Wildman–Crippen LogP) is 5.78. The normalized spacial score (nSPS) is 7.79. The summed E-state index contributed by atoms with van der Waals surface area (Å²) >= 11 is 5.77. The molecule has 0 aliphatic heterocycles. The number of carbonyl (C=O) groups excluding carboxylic acids is 1. The Morgan fingerprint density at radius 2 is 1.68 bits per heavy atom. The van der Waals surface area contributed by atoms with Crippen molar-refractivity contribution in [3.8, 4) is 11.8 Å². The van der Waals surface area contributed by atoms with Crippen molar-refractivity contribution in [2.24, 2.45) is 0 Å². The van der Waals surface area contributed by atoms with E-state index >= 15 is 0 Å². The third kappa shape index (κ3) is 7.70. The van der Waals surface area contributed by atoms with Gasteiger partial charge in [0.15, 0.2) is 0 Å². The minimum absolute atomic E-state index is 0.135. The van der Waals surface area contributed by atoms with Gasteiger partial charge in [0.2, 0.25) is 5.78 Å². The van der Waals surface area contributed by atoms with Crippen LogP contribution in [-0.4, -0.2) is 5.78 Å². The molecule has 2 rings (SSSR count). The highest BCUT2D eigenvalue weighted by molar-refractivity contribution is 15.0. The molecule has 0 amide bonds. The summed E-state index contributed by atoms with van der Waals surface area (Å²) in [7, 11) is 0. The van der Waals surface area contributed by atoms with E-state index in [0.29, 0.717) is 5.56 Å². The van der Waals surface area contributed by atoms with Gasteiger partial charge in [0, 0.05) is 42.8 Å². The topological polar surface area (TPSA) is 17.1 Å². The first-order valence-electron chi connectivity index (χ1n) is 5.65. The molecule has 0 atom stereocenters. The van der Waals surface area contributed by atoms with E-state index < -0.39 is 0 Å². The van der Waals surface area contributed by atoms with Crippen LogP contribution in [0.3, 0.4) is 0 Å². The first-order chi connectivity index (χ1) is 9.36. The maximum absolute atomic E-state index is 11.6. The average Bonchev–Trinajstić information content (AvgIpc) is 3.03. The summed E-state index contributed by atoms with van der Waals surface area (Å²) in [6.07, 6.45) is 0. The molecule has 1 nitrogen and oxygen atoms in total. The van der Waals surface area contributed by atoms with E-state index in [1.807, 2.05) is 49.6 Å². The van der Waals surface area contributed by atoms with E-state index in [9.17, 15) is 4.79 Å². The van der Waals surface area contributed by atoms with Crippen molar-refractivity contribution in [1.29, 1.82) is 0 Å². The number of hydrogen-bond donors (Lipinski definition) is 0. The van der Waals surface area contributed by atoms with Gasteiger partial charge in [-0.05, 0) is 23.3 Å². The highest BCUT2D eigenvalue weighted by Gasteiger charge is 1.98. The second kappa shape index (κ2) is 12.6. The largest absolute Gasteiger partial charge is 0.279 e. The third-order valence-corrected chi connectivity index (χ3v) is 2.64. The van der Waals surface area contributed by atoms with Crippen LogP contribution in [0.4, 0.5) is 0 Å². The number of Topliss-reactive ketones (excluding diaryl/α,β-unsaturated/α-hetero) is 1. The Balaban J connectivity index is 0.000000741. The smallest absolute Gasteiger partial charge is 0.236 e. The van der Waals surface area contributed by atoms with Crippen molar-refractivity contribution in [3.05, 3.63) is 58.3 Å². The van der Waals surface area contributed by atoms with Crippen LogP contribution < -0.4 is 0 Å². The van der Waals surface area contributed by atoms with E-state index in [2.05, 4.69) is 49.1 Å². The first-order valence-corrected chi connectivity index (χ1v) is 12.8. The van der Waals surface area contributed by atoms with Crippen molar-refractivity contribution < 1.29 is 4.79 Å².